The van der Waals surface area contributed by atoms with E-state index in [0.717, 1.165) is 11.1 Å². The number of hydrogen-bond acceptors (Lipinski definition) is 1. The Balaban J connectivity index is 2.10. The number of ketones is 1. The summed E-state index contributed by atoms with van der Waals surface area (Å²) in [5.74, 6) is 0.0939. The van der Waals surface area contributed by atoms with E-state index in [9.17, 15) is 4.79 Å². The summed E-state index contributed by atoms with van der Waals surface area (Å²) in [6.45, 7) is 0. The van der Waals surface area contributed by atoms with Crippen LogP contribution in [0.5, 0.6) is 0 Å². The van der Waals surface area contributed by atoms with Crippen LogP contribution in [-0.2, 0) is 4.79 Å². The van der Waals surface area contributed by atoms with Gasteiger partial charge in [-0.05, 0) is 11.1 Å². The molecule has 0 saturated carbocycles. The molecule has 2 rings (SSSR count). The topological polar surface area (TPSA) is 17.1 Å². The van der Waals surface area contributed by atoms with Crippen LogP contribution in [0.2, 0.25) is 0 Å². The van der Waals surface area contributed by atoms with Gasteiger partial charge >= 0.3 is 0 Å². The first-order valence-corrected chi connectivity index (χ1v) is 10.4. The molecule has 2 aromatic rings. The maximum absolute atomic E-state index is 12.7. The van der Waals surface area contributed by atoms with Gasteiger partial charge in [-0.1, -0.05) is 124 Å². The standard InChI is InChI=1S/C17H14Br4O/c18-13(11-7-3-1-4-8-11)15(20)17(22)16(21)14(19)12-9-5-2-6-10-12/h1-10,13-16H/t13-,14-,15-,16+/m1/s1. The molecule has 116 valence electrons. The summed E-state index contributed by atoms with van der Waals surface area (Å²) in [7, 11) is 0. The van der Waals surface area contributed by atoms with E-state index in [0.29, 0.717) is 0 Å². The zero-order valence-corrected chi connectivity index (χ0v) is 17.8. The van der Waals surface area contributed by atoms with E-state index in [4.69, 9.17) is 0 Å². The zero-order valence-electron chi connectivity index (χ0n) is 11.5. The molecule has 5 heteroatoms. The van der Waals surface area contributed by atoms with Crippen molar-refractivity contribution in [3.63, 3.8) is 0 Å². The van der Waals surface area contributed by atoms with Crippen LogP contribution < -0.4 is 0 Å². The van der Waals surface area contributed by atoms with Gasteiger partial charge in [-0.25, -0.2) is 0 Å². The second-order valence-corrected chi connectivity index (χ2v) is 8.78. The van der Waals surface area contributed by atoms with E-state index in [2.05, 4.69) is 63.7 Å². The molecule has 0 bridgehead atoms. The Hall–Kier alpha value is 0.0300. The van der Waals surface area contributed by atoms with Crippen molar-refractivity contribution in [1.82, 2.24) is 0 Å². The predicted octanol–water partition coefficient (Wildman–Crippen LogP) is 6.35. The average molecular weight is 554 g/mol. The molecule has 22 heavy (non-hydrogen) atoms. The van der Waals surface area contributed by atoms with Gasteiger partial charge in [0.1, 0.15) is 0 Å². The summed E-state index contributed by atoms with van der Waals surface area (Å²) < 4.78 is 0. The summed E-state index contributed by atoms with van der Waals surface area (Å²) in [4.78, 5) is 11.9. The van der Waals surface area contributed by atoms with Crippen molar-refractivity contribution in [3.05, 3.63) is 71.8 Å². The number of Topliss-reactive ketones (excluding diaryl/α,β-unsaturated/α-hetero) is 1. The minimum Gasteiger partial charge on any atom is -0.297 e. The summed E-state index contributed by atoms with van der Waals surface area (Å²) >= 11 is 14.3. The number of alkyl halides is 4. The lowest BCUT2D eigenvalue weighted by atomic mass is 10.0. The fraction of sp³-hybridized carbons (Fsp3) is 0.235. The molecule has 2 aromatic carbocycles. The van der Waals surface area contributed by atoms with Crippen LogP contribution in [0, 0.1) is 0 Å². The molecule has 1 nitrogen and oxygen atoms in total. The first-order valence-electron chi connectivity index (χ1n) is 6.72. The maximum Gasteiger partial charge on any atom is 0.162 e. The highest BCUT2D eigenvalue weighted by Crippen LogP contribution is 2.38. The van der Waals surface area contributed by atoms with E-state index >= 15 is 0 Å². The fourth-order valence-electron chi connectivity index (χ4n) is 2.05. The lowest BCUT2D eigenvalue weighted by Gasteiger charge is -2.22. The van der Waals surface area contributed by atoms with Crippen LogP contribution >= 0.6 is 63.7 Å². The molecule has 0 aliphatic rings. The van der Waals surface area contributed by atoms with Gasteiger partial charge < -0.3 is 0 Å². The van der Waals surface area contributed by atoms with Crippen LogP contribution in [0.4, 0.5) is 0 Å². The van der Waals surface area contributed by atoms with Crippen molar-refractivity contribution in [2.75, 3.05) is 0 Å². The smallest absolute Gasteiger partial charge is 0.162 e. The number of benzene rings is 2. The third kappa shape index (κ3) is 4.53. The number of carbonyl (C=O) groups excluding carboxylic acids is 1. The highest BCUT2D eigenvalue weighted by atomic mass is 79.9. The van der Waals surface area contributed by atoms with Crippen molar-refractivity contribution in [2.45, 2.75) is 19.3 Å². The molecule has 0 N–H and O–H groups in total. The van der Waals surface area contributed by atoms with E-state index in [-0.39, 0.29) is 25.1 Å². The molecule has 0 radical (unpaired) electrons. The highest BCUT2D eigenvalue weighted by Gasteiger charge is 2.33. The molecule has 0 aliphatic carbocycles. The molecule has 0 heterocycles. The molecule has 0 amide bonds. The minimum absolute atomic E-state index is 0.0725. The third-order valence-electron chi connectivity index (χ3n) is 3.29. The van der Waals surface area contributed by atoms with Gasteiger partial charge in [0.05, 0.1) is 19.3 Å². The van der Waals surface area contributed by atoms with Crippen molar-refractivity contribution >= 4 is 69.5 Å². The molecule has 0 aromatic heterocycles. The highest BCUT2D eigenvalue weighted by molar-refractivity contribution is 9.13. The van der Waals surface area contributed by atoms with Gasteiger partial charge in [0, 0.05) is 0 Å². The summed E-state index contributed by atoms with van der Waals surface area (Å²) in [5, 5.41) is 0. The number of carbonyl (C=O) groups is 1. The van der Waals surface area contributed by atoms with Crippen LogP contribution in [0.1, 0.15) is 20.8 Å². The summed E-state index contributed by atoms with van der Waals surface area (Å²) in [5.41, 5.74) is 2.14. The molecule has 0 saturated heterocycles. The van der Waals surface area contributed by atoms with Crippen molar-refractivity contribution < 1.29 is 4.79 Å². The van der Waals surface area contributed by atoms with Crippen LogP contribution in [0.25, 0.3) is 0 Å². The molecule has 4 atom stereocenters. The van der Waals surface area contributed by atoms with E-state index in [1.165, 1.54) is 0 Å². The van der Waals surface area contributed by atoms with E-state index < -0.39 is 0 Å². The number of hydrogen-bond donors (Lipinski definition) is 0. The minimum atomic E-state index is -0.317. The quantitative estimate of drug-likeness (QED) is 0.381. The molecule has 0 aliphatic heterocycles. The fourth-order valence-corrected chi connectivity index (χ4v) is 4.72. The van der Waals surface area contributed by atoms with E-state index in [1.54, 1.807) is 0 Å². The van der Waals surface area contributed by atoms with Crippen molar-refractivity contribution in [3.8, 4) is 0 Å². The van der Waals surface area contributed by atoms with Crippen molar-refractivity contribution in [1.29, 1.82) is 0 Å². The molecule has 0 spiro atoms. The maximum atomic E-state index is 12.7. The van der Waals surface area contributed by atoms with Gasteiger partial charge in [0.2, 0.25) is 0 Å². The largest absolute Gasteiger partial charge is 0.297 e. The molecule has 0 unspecified atom stereocenters. The Labute approximate surface area is 164 Å². The van der Waals surface area contributed by atoms with Gasteiger partial charge in [-0.2, -0.15) is 0 Å². The summed E-state index contributed by atoms with van der Waals surface area (Å²) in [6.07, 6.45) is 0. The lowest BCUT2D eigenvalue weighted by molar-refractivity contribution is -0.117. The van der Waals surface area contributed by atoms with Crippen LogP contribution in [0.3, 0.4) is 0 Å². The first-order chi connectivity index (χ1) is 10.5. The van der Waals surface area contributed by atoms with Gasteiger partial charge in [-0.15, -0.1) is 0 Å². The van der Waals surface area contributed by atoms with Crippen molar-refractivity contribution in [2.24, 2.45) is 0 Å². The van der Waals surface area contributed by atoms with Crippen LogP contribution in [0.15, 0.2) is 60.7 Å². The molecular weight excluding hydrogens is 540 g/mol. The Morgan fingerprint density at radius 2 is 0.955 bits per heavy atom. The first kappa shape index (κ1) is 18.4. The Kier molecular flexibility index (Phi) is 7.32. The zero-order chi connectivity index (χ0) is 16.1. The number of rotatable bonds is 6. The normalized spacial score (nSPS) is 16.5. The van der Waals surface area contributed by atoms with Gasteiger partial charge in [0.15, 0.2) is 5.78 Å². The Morgan fingerprint density at radius 1 is 0.636 bits per heavy atom. The second kappa shape index (κ2) is 8.76. The molecular formula is C17H14Br4O. The van der Waals surface area contributed by atoms with E-state index in [1.807, 2.05) is 60.7 Å². The monoisotopic (exact) mass is 550 g/mol. The summed E-state index contributed by atoms with van der Waals surface area (Å²) in [6, 6.07) is 19.8. The third-order valence-corrected chi connectivity index (χ3v) is 8.79. The van der Waals surface area contributed by atoms with Gasteiger partial charge in [-0.3, -0.25) is 4.79 Å². The van der Waals surface area contributed by atoms with Gasteiger partial charge in [0.25, 0.3) is 0 Å². The number of halogens is 4. The Bertz CT molecular complexity index is 549. The molecule has 0 fully saturated rings. The lowest BCUT2D eigenvalue weighted by Crippen LogP contribution is -2.29. The SMILES string of the molecule is O=C([C@@H](Br)[C@H](Br)c1ccccc1)[C@H](Br)[C@H](Br)c1ccccc1. The average Bonchev–Trinajstić information content (AvgIpc) is 2.60. The predicted molar refractivity (Wildman–Crippen MR) is 107 cm³/mol. The Morgan fingerprint density at radius 3 is 1.27 bits per heavy atom. The second-order valence-electron chi connectivity index (χ2n) is 4.83. The van der Waals surface area contributed by atoms with Crippen LogP contribution in [-0.4, -0.2) is 15.4 Å².